The van der Waals surface area contributed by atoms with Crippen molar-refractivity contribution < 1.29 is 22.8 Å². The molecule has 0 bridgehead atoms. The standard InChI is InChI=1S/C23H20F3N3O2/c24-23(25,26)18-9-5-11-20(13-18)29-22(31)17-8-4-10-19(12-17)28-21(30)15-27-14-16-6-2-1-3-7-16/h1-13,27H,14-15H2,(H,28,30)(H,29,31). The first kappa shape index (κ1) is 22.0. The molecule has 0 unspecified atom stereocenters. The molecule has 0 atom stereocenters. The number of nitrogens with one attached hydrogen (secondary N) is 3. The summed E-state index contributed by atoms with van der Waals surface area (Å²) in [6, 6.07) is 20.2. The van der Waals surface area contributed by atoms with Gasteiger partial charge in [-0.3, -0.25) is 9.59 Å². The van der Waals surface area contributed by atoms with Crippen molar-refractivity contribution >= 4 is 23.2 Å². The van der Waals surface area contributed by atoms with Gasteiger partial charge in [0.15, 0.2) is 0 Å². The van der Waals surface area contributed by atoms with Gasteiger partial charge in [-0.2, -0.15) is 13.2 Å². The second-order valence-electron chi connectivity index (χ2n) is 6.75. The van der Waals surface area contributed by atoms with E-state index in [1.54, 1.807) is 12.1 Å². The van der Waals surface area contributed by atoms with Gasteiger partial charge < -0.3 is 16.0 Å². The Hall–Kier alpha value is -3.65. The van der Waals surface area contributed by atoms with Crippen LogP contribution in [-0.2, 0) is 17.5 Å². The van der Waals surface area contributed by atoms with Crippen LogP contribution in [0.2, 0.25) is 0 Å². The second-order valence-corrected chi connectivity index (χ2v) is 6.75. The smallest absolute Gasteiger partial charge is 0.325 e. The van der Waals surface area contributed by atoms with Crippen LogP contribution in [0.1, 0.15) is 21.5 Å². The van der Waals surface area contributed by atoms with E-state index in [1.165, 1.54) is 24.3 Å². The molecule has 5 nitrogen and oxygen atoms in total. The highest BCUT2D eigenvalue weighted by Gasteiger charge is 2.30. The molecule has 3 rings (SSSR count). The van der Waals surface area contributed by atoms with Gasteiger partial charge >= 0.3 is 6.18 Å². The molecule has 0 aliphatic heterocycles. The maximum atomic E-state index is 12.8. The van der Waals surface area contributed by atoms with E-state index >= 15 is 0 Å². The lowest BCUT2D eigenvalue weighted by atomic mass is 10.1. The van der Waals surface area contributed by atoms with Gasteiger partial charge in [-0.05, 0) is 42.0 Å². The van der Waals surface area contributed by atoms with Crippen molar-refractivity contribution in [1.82, 2.24) is 5.32 Å². The fourth-order valence-corrected chi connectivity index (χ4v) is 2.84. The molecular formula is C23H20F3N3O2. The van der Waals surface area contributed by atoms with Gasteiger partial charge in [0.1, 0.15) is 0 Å². The van der Waals surface area contributed by atoms with Crippen molar-refractivity contribution in [2.75, 3.05) is 17.2 Å². The van der Waals surface area contributed by atoms with E-state index < -0.39 is 17.6 Å². The zero-order chi connectivity index (χ0) is 22.3. The number of rotatable bonds is 7. The van der Waals surface area contributed by atoms with Crippen LogP contribution in [0.5, 0.6) is 0 Å². The molecule has 0 saturated carbocycles. The highest BCUT2D eigenvalue weighted by Crippen LogP contribution is 2.30. The molecule has 0 aliphatic rings. The molecule has 0 aromatic heterocycles. The predicted octanol–water partition coefficient (Wildman–Crippen LogP) is 4.69. The lowest BCUT2D eigenvalue weighted by molar-refractivity contribution is -0.137. The van der Waals surface area contributed by atoms with E-state index in [1.807, 2.05) is 30.3 Å². The molecule has 2 amide bonds. The summed E-state index contributed by atoms with van der Waals surface area (Å²) in [6.45, 7) is 0.614. The van der Waals surface area contributed by atoms with Crippen LogP contribution in [0.15, 0.2) is 78.9 Å². The van der Waals surface area contributed by atoms with Crippen LogP contribution in [0.3, 0.4) is 0 Å². The van der Waals surface area contributed by atoms with Crippen LogP contribution >= 0.6 is 0 Å². The van der Waals surface area contributed by atoms with Crippen molar-refractivity contribution in [3.63, 3.8) is 0 Å². The third kappa shape index (κ3) is 6.68. The molecule has 3 N–H and O–H groups in total. The average Bonchev–Trinajstić information content (AvgIpc) is 2.74. The Morgan fingerprint density at radius 3 is 2.16 bits per heavy atom. The Morgan fingerprint density at radius 2 is 1.45 bits per heavy atom. The van der Waals surface area contributed by atoms with Crippen LogP contribution < -0.4 is 16.0 Å². The summed E-state index contributed by atoms with van der Waals surface area (Å²) in [5, 5.41) is 8.15. The zero-order valence-corrected chi connectivity index (χ0v) is 16.4. The molecule has 8 heteroatoms. The number of benzene rings is 3. The summed E-state index contributed by atoms with van der Waals surface area (Å²) >= 11 is 0. The summed E-state index contributed by atoms with van der Waals surface area (Å²) in [7, 11) is 0. The van der Waals surface area contributed by atoms with E-state index in [0.717, 1.165) is 17.7 Å². The first-order valence-corrected chi connectivity index (χ1v) is 9.44. The highest BCUT2D eigenvalue weighted by molar-refractivity contribution is 6.05. The maximum Gasteiger partial charge on any atom is 0.416 e. The Morgan fingerprint density at radius 1 is 0.774 bits per heavy atom. The summed E-state index contributed by atoms with van der Waals surface area (Å²) in [5.41, 5.74) is 0.827. The van der Waals surface area contributed by atoms with Crippen LogP contribution in [-0.4, -0.2) is 18.4 Å². The Balaban J connectivity index is 1.57. The topological polar surface area (TPSA) is 70.2 Å². The van der Waals surface area contributed by atoms with E-state index in [-0.39, 0.29) is 23.7 Å². The van der Waals surface area contributed by atoms with Crippen LogP contribution in [0, 0.1) is 0 Å². The number of alkyl halides is 3. The average molecular weight is 427 g/mol. The number of amides is 2. The Labute approximate surface area is 177 Å². The number of hydrogen-bond donors (Lipinski definition) is 3. The van der Waals surface area contributed by atoms with Gasteiger partial charge in [0.25, 0.3) is 5.91 Å². The van der Waals surface area contributed by atoms with E-state index in [0.29, 0.717) is 12.2 Å². The summed E-state index contributed by atoms with van der Waals surface area (Å²) in [6.07, 6.45) is -4.50. The van der Waals surface area contributed by atoms with Crippen LogP contribution in [0.25, 0.3) is 0 Å². The molecule has 160 valence electrons. The van der Waals surface area contributed by atoms with Crippen molar-refractivity contribution in [2.45, 2.75) is 12.7 Å². The normalized spacial score (nSPS) is 11.1. The predicted molar refractivity (Wildman–Crippen MR) is 113 cm³/mol. The third-order valence-corrected chi connectivity index (χ3v) is 4.31. The van der Waals surface area contributed by atoms with Gasteiger partial charge in [-0.1, -0.05) is 42.5 Å². The number of carbonyl (C=O) groups is 2. The molecule has 0 saturated heterocycles. The molecular weight excluding hydrogens is 407 g/mol. The first-order chi connectivity index (χ1) is 14.8. The summed E-state index contributed by atoms with van der Waals surface area (Å²) < 4.78 is 38.5. The first-order valence-electron chi connectivity index (χ1n) is 9.44. The van der Waals surface area contributed by atoms with E-state index in [9.17, 15) is 22.8 Å². The van der Waals surface area contributed by atoms with Crippen molar-refractivity contribution in [2.24, 2.45) is 0 Å². The largest absolute Gasteiger partial charge is 0.416 e. The summed E-state index contributed by atoms with van der Waals surface area (Å²) in [5.74, 6) is -0.871. The van der Waals surface area contributed by atoms with E-state index in [4.69, 9.17) is 0 Å². The van der Waals surface area contributed by atoms with Gasteiger partial charge in [-0.15, -0.1) is 0 Å². The lowest BCUT2D eigenvalue weighted by Crippen LogP contribution is -2.27. The molecule has 0 heterocycles. The lowest BCUT2D eigenvalue weighted by Gasteiger charge is -2.11. The van der Waals surface area contributed by atoms with Crippen molar-refractivity contribution in [3.05, 3.63) is 95.6 Å². The third-order valence-electron chi connectivity index (χ3n) is 4.31. The molecule has 0 aliphatic carbocycles. The SMILES string of the molecule is O=C(CNCc1ccccc1)Nc1cccc(C(=O)Nc2cccc(C(F)(F)F)c2)c1. The second kappa shape index (κ2) is 9.90. The van der Waals surface area contributed by atoms with E-state index in [2.05, 4.69) is 16.0 Å². The van der Waals surface area contributed by atoms with Gasteiger partial charge in [0, 0.05) is 23.5 Å². The quantitative estimate of drug-likeness (QED) is 0.513. The fraction of sp³-hybridized carbons (Fsp3) is 0.130. The van der Waals surface area contributed by atoms with Crippen molar-refractivity contribution in [3.8, 4) is 0 Å². The maximum absolute atomic E-state index is 12.8. The van der Waals surface area contributed by atoms with Gasteiger partial charge in [0.05, 0.1) is 12.1 Å². The Kier molecular flexibility index (Phi) is 7.04. The highest BCUT2D eigenvalue weighted by atomic mass is 19.4. The zero-order valence-electron chi connectivity index (χ0n) is 16.4. The number of anilines is 2. The van der Waals surface area contributed by atoms with Gasteiger partial charge in [-0.25, -0.2) is 0 Å². The molecule has 0 fully saturated rings. The minimum Gasteiger partial charge on any atom is -0.325 e. The molecule has 0 spiro atoms. The molecule has 3 aromatic rings. The number of halogens is 3. The van der Waals surface area contributed by atoms with Crippen molar-refractivity contribution in [1.29, 1.82) is 0 Å². The molecule has 31 heavy (non-hydrogen) atoms. The number of hydrogen-bond acceptors (Lipinski definition) is 3. The summed E-state index contributed by atoms with van der Waals surface area (Å²) in [4.78, 5) is 24.6. The van der Waals surface area contributed by atoms with Gasteiger partial charge in [0.2, 0.25) is 5.91 Å². The Bertz CT molecular complexity index is 1050. The number of carbonyl (C=O) groups excluding carboxylic acids is 2. The monoisotopic (exact) mass is 427 g/mol. The fourth-order valence-electron chi connectivity index (χ4n) is 2.84. The van der Waals surface area contributed by atoms with Crippen LogP contribution in [0.4, 0.5) is 24.5 Å². The molecule has 0 radical (unpaired) electrons. The minimum atomic E-state index is -4.50. The minimum absolute atomic E-state index is 0.0272. The molecule has 3 aromatic carbocycles.